The number of methoxy groups -OCH3 is 1. The second-order valence-electron chi connectivity index (χ2n) is 8.53. The van der Waals surface area contributed by atoms with Crippen LogP contribution in [-0.2, 0) is 4.79 Å². The molecular weight excluding hydrogens is 531 g/mol. The van der Waals surface area contributed by atoms with Crippen LogP contribution in [0.1, 0.15) is 38.3 Å². The molecule has 1 unspecified atom stereocenters. The third kappa shape index (κ3) is 8.60. The van der Waals surface area contributed by atoms with Crippen molar-refractivity contribution in [1.29, 1.82) is 0 Å². The lowest BCUT2D eigenvalue weighted by Gasteiger charge is -2.34. The Kier molecular flexibility index (Phi) is 12.3. The summed E-state index contributed by atoms with van der Waals surface area (Å²) in [6.07, 6.45) is 2.51. The van der Waals surface area contributed by atoms with Crippen LogP contribution in [0.15, 0.2) is 29.3 Å². The molecule has 0 saturated carbocycles. The van der Waals surface area contributed by atoms with E-state index in [-0.39, 0.29) is 35.9 Å². The Morgan fingerprint density at radius 3 is 2.30 bits per heavy atom. The van der Waals surface area contributed by atoms with Crippen molar-refractivity contribution in [2.75, 3.05) is 72.6 Å². The van der Waals surface area contributed by atoms with Gasteiger partial charge in [0.15, 0.2) is 5.96 Å². The molecule has 2 saturated heterocycles. The molecular formula is C24H41IN6O2. The van der Waals surface area contributed by atoms with E-state index in [4.69, 9.17) is 9.73 Å². The van der Waals surface area contributed by atoms with Crippen molar-refractivity contribution in [3.8, 4) is 5.75 Å². The highest BCUT2D eigenvalue weighted by molar-refractivity contribution is 14.0. The van der Waals surface area contributed by atoms with E-state index < -0.39 is 0 Å². The summed E-state index contributed by atoms with van der Waals surface area (Å²) in [4.78, 5) is 23.3. The first-order chi connectivity index (χ1) is 15.6. The molecule has 1 aromatic rings. The second-order valence-corrected chi connectivity index (χ2v) is 8.53. The number of benzene rings is 1. The third-order valence-corrected chi connectivity index (χ3v) is 6.39. The summed E-state index contributed by atoms with van der Waals surface area (Å²) in [6.45, 7) is 12.9. The van der Waals surface area contributed by atoms with Crippen LogP contribution < -0.4 is 15.4 Å². The van der Waals surface area contributed by atoms with Crippen LogP contribution in [0.4, 0.5) is 0 Å². The first-order valence-electron chi connectivity index (χ1n) is 12.0. The fourth-order valence-electron chi connectivity index (χ4n) is 4.45. The van der Waals surface area contributed by atoms with Gasteiger partial charge in [0.25, 0.3) is 0 Å². The van der Waals surface area contributed by atoms with Crippen LogP contribution in [0, 0.1) is 0 Å². The van der Waals surface area contributed by atoms with Gasteiger partial charge in [0, 0.05) is 52.7 Å². The van der Waals surface area contributed by atoms with Crippen molar-refractivity contribution in [2.45, 2.75) is 32.7 Å². The van der Waals surface area contributed by atoms with Crippen LogP contribution in [0.2, 0.25) is 0 Å². The molecule has 33 heavy (non-hydrogen) atoms. The average Bonchev–Trinajstić information content (AvgIpc) is 3.34. The fraction of sp³-hybridized carbons (Fsp3) is 0.667. The van der Waals surface area contributed by atoms with Crippen LogP contribution in [0.5, 0.6) is 5.75 Å². The molecule has 0 radical (unpaired) electrons. The SMILES string of the molecule is CCNC(=NCC(c1ccc(OC)cc1)N1CCCC1)NCCN1CCN(C(C)=O)CC1.I. The molecule has 1 amide bonds. The molecule has 1 aromatic carbocycles. The number of likely N-dealkylation sites (tertiary alicyclic amines) is 1. The summed E-state index contributed by atoms with van der Waals surface area (Å²) in [5.41, 5.74) is 1.29. The Morgan fingerprint density at radius 2 is 1.73 bits per heavy atom. The number of rotatable bonds is 9. The minimum Gasteiger partial charge on any atom is -0.497 e. The van der Waals surface area contributed by atoms with E-state index in [1.54, 1.807) is 14.0 Å². The van der Waals surface area contributed by atoms with Gasteiger partial charge in [-0.25, -0.2) is 0 Å². The summed E-state index contributed by atoms with van der Waals surface area (Å²) in [5.74, 6) is 1.93. The Morgan fingerprint density at radius 1 is 1.06 bits per heavy atom. The monoisotopic (exact) mass is 572 g/mol. The zero-order chi connectivity index (χ0) is 22.8. The van der Waals surface area contributed by atoms with Gasteiger partial charge in [-0.3, -0.25) is 19.6 Å². The molecule has 3 rings (SSSR count). The highest BCUT2D eigenvalue weighted by Gasteiger charge is 2.23. The Bertz CT molecular complexity index is 731. The van der Waals surface area contributed by atoms with Crippen LogP contribution >= 0.6 is 24.0 Å². The van der Waals surface area contributed by atoms with Crippen LogP contribution in [0.3, 0.4) is 0 Å². The molecule has 186 valence electrons. The minimum absolute atomic E-state index is 0. The number of carbonyl (C=O) groups is 1. The van der Waals surface area contributed by atoms with Crippen molar-refractivity contribution in [2.24, 2.45) is 4.99 Å². The molecule has 2 aliphatic rings. The molecule has 2 fully saturated rings. The molecule has 0 bridgehead atoms. The van der Waals surface area contributed by atoms with Crippen LogP contribution in [0.25, 0.3) is 0 Å². The van der Waals surface area contributed by atoms with Gasteiger partial charge in [-0.1, -0.05) is 12.1 Å². The minimum atomic E-state index is 0. The van der Waals surface area contributed by atoms with Gasteiger partial charge in [-0.15, -0.1) is 24.0 Å². The Labute approximate surface area is 216 Å². The average molecular weight is 573 g/mol. The zero-order valence-electron chi connectivity index (χ0n) is 20.4. The van der Waals surface area contributed by atoms with Gasteiger partial charge in [0.1, 0.15) is 5.75 Å². The van der Waals surface area contributed by atoms with Crippen LogP contribution in [-0.4, -0.2) is 99.1 Å². The number of halogens is 1. The van der Waals surface area contributed by atoms with Crippen molar-refractivity contribution in [3.63, 3.8) is 0 Å². The number of nitrogens with zero attached hydrogens (tertiary/aromatic N) is 4. The summed E-state index contributed by atoms with van der Waals surface area (Å²) in [7, 11) is 1.70. The molecule has 2 heterocycles. The fourth-order valence-corrected chi connectivity index (χ4v) is 4.45. The number of amides is 1. The summed E-state index contributed by atoms with van der Waals surface area (Å²) < 4.78 is 5.33. The quantitative estimate of drug-likeness (QED) is 0.269. The lowest BCUT2D eigenvalue weighted by molar-refractivity contribution is -0.130. The predicted molar refractivity (Wildman–Crippen MR) is 145 cm³/mol. The number of hydrogen-bond acceptors (Lipinski definition) is 5. The highest BCUT2D eigenvalue weighted by Crippen LogP contribution is 2.27. The molecule has 0 aliphatic carbocycles. The molecule has 1 atom stereocenters. The Balaban J connectivity index is 0.00000385. The van der Waals surface area contributed by atoms with Gasteiger partial charge < -0.3 is 20.3 Å². The van der Waals surface area contributed by atoms with E-state index in [0.29, 0.717) is 0 Å². The first-order valence-corrected chi connectivity index (χ1v) is 12.0. The standard InChI is InChI=1S/C24H40N6O2.HI/c1-4-25-24(26-11-14-28-15-17-29(18-16-28)20(2)31)27-19-23(30-12-5-6-13-30)21-7-9-22(32-3)10-8-21;/h7-10,23H,4-6,11-19H2,1-3H3,(H2,25,26,27);1H. The lowest BCUT2D eigenvalue weighted by atomic mass is 10.1. The number of piperazine rings is 1. The van der Waals surface area contributed by atoms with Gasteiger partial charge in [-0.2, -0.15) is 0 Å². The normalized spacial score (nSPS) is 18.5. The number of aliphatic imine (C=N–C) groups is 1. The van der Waals surface area contributed by atoms with Crippen molar-refractivity contribution < 1.29 is 9.53 Å². The predicted octanol–water partition coefficient (Wildman–Crippen LogP) is 2.17. The Hall–Kier alpha value is -1.59. The van der Waals surface area contributed by atoms with E-state index in [2.05, 4.69) is 39.5 Å². The van der Waals surface area contributed by atoms with E-state index in [1.165, 1.54) is 18.4 Å². The summed E-state index contributed by atoms with van der Waals surface area (Å²) >= 11 is 0. The number of hydrogen-bond donors (Lipinski definition) is 2. The van der Waals surface area contributed by atoms with Gasteiger partial charge in [0.2, 0.25) is 5.91 Å². The third-order valence-electron chi connectivity index (χ3n) is 6.39. The number of nitrogens with one attached hydrogen (secondary N) is 2. The highest BCUT2D eigenvalue weighted by atomic mass is 127. The number of ether oxygens (including phenoxy) is 1. The van der Waals surface area contributed by atoms with E-state index in [1.807, 2.05) is 17.0 Å². The van der Waals surface area contributed by atoms with Gasteiger partial charge >= 0.3 is 0 Å². The topological polar surface area (TPSA) is 72.4 Å². The van der Waals surface area contributed by atoms with Crippen molar-refractivity contribution in [3.05, 3.63) is 29.8 Å². The maximum absolute atomic E-state index is 11.5. The maximum Gasteiger partial charge on any atom is 0.219 e. The zero-order valence-corrected chi connectivity index (χ0v) is 22.7. The molecule has 0 aromatic heterocycles. The summed E-state index contributed by atoms with van der Waals surface area (Å²) in [5, 5.41) is 6.88. The molecule has 2 aliphatic heterocycles. The largest absolute Gasteiger partial charge is 0.497 e. The number of carbonyl (C=O) groups excluding carboxylic acids is 1. The first kappa shape index (κ1) is 27.7. The molecule has 0 spiro atoms. The molecule has 9 heteroatoms. The van der Waals surface area contributed by atoms with E-state index in [0.717, 1.165) is 77.2 Å². The van der Waals surface area contributed by atoms with Gasteiger partial charge in [-0.05, 0) is 50.6 Å². The van der Waals surface area contributed by atoms with E-state index in [9.17, 15) is 4.79 Å². The van der Waals surface area contributed by atoms with E-state index >= 15 is 0 Å². The smallest absolute Gasteiger partial charge is 0.219 e. The second kappa shape index (κ2) is 14.6. The van der Waals surface area contributed by atoms with Crippen molar-refractivity contribution >= 4 is 35.8 Å². The number of guanidine groups is 1. The van der Waals surface area contributed by atoms with Crippen molar-refractivity contribution in [1.82, 2.24) is 25.3 Å². The van der Waals surface area contributed by atoms with Gasteiger partial charge in [0.05, 0.1) is 19.7 Å². The molecule has 2 N–H and O–H groups in total. The lowest BCUT2D eigenvalue weighted by Crippen LogP contribution is -2.50. The maximum atomic E-state index is 11.5. The molecule has 8 nitrogen and oxygen atoms in total. The summed E-state index contributed by atoms with van der Waals surface area (Å²) in [6, 6.07) is 8.68.